The van der Waals surface area contributed by atoms with E-state index in [1.165, 1.54) is 88.6 Å². The molecule has 2 heteroatoms. The van der Waals surface area contributed by atoms with Crippen LogP contribution in [0, 0.1) is 27.7 Å². The fraction of sp³-hybridized carbons (Fsp3) is 0.231. The number of benzene rings is 6. The smallest absolute Gasteiger partial charge is 0.159 e. The van der Waals surface area contributed by atoms with Crippen molar-refractivity contribution in [1.82, 2.24) is 9.97 Å². The van der Waals surface area contributed by atoms with Crippen molar-refractivity contribution in [3.63, 3.8) is 0 Å². The Balaban J connectivity index is 1.31. The van der Waals surface area contributed by atoms with E-state index in [2.05, 4.69) is 168 Å². The predicted octanol–water partition coefficient (Wildman–Crippen LogP) is 14.6. The molecule has 7 aromatic rings. The van der Waals surface area contributed by atoms with E-state index in [0.29, 0.717) is 0 Å². The molecule has 270 valence electrons. The summed E-state index contributed by atoms with van der Waals surface area (Å²) in [6.07, 6.45) is 11.0. The van der Waals surface area contributed by atoms with Gasteiger partial charge in [0.2, 0.25) is 0 Å². The maximum Gasteiger partial charge on any atom is 0.159 e. The minimum absolute atomic E-state index is 0.740. The van der Waals surface area contributed by atoms with Gasteiger partial charge in [-0.05, 0) is 97.2 Å². The second-order valence-electron chi connectivity index (χ2n) is 15.1. The molecule has 6 aromatic carbocycles. The molecular weight excluding hydrogens is 653 g/mol. The van der Waals surface area contributed by atoms with Gasteiger partial charge in [-0.1, -0.05) is 183 Å². The fourth-order valence-electron chi connectivity index (χ4n) is 7.82. The van der Waals surface area contributed by atoms with Crippen molar-refractivity contribution in [2.75, 3.05) is 0 Å². The van der Waals surface area contributed by atoms with Crippen molar-refractivity contribution in [2.45, 2.75) is 79.6 Å². The first-order valence-corrected chi connectivity index (χ1v) is 19.8. The third-order valence-corrected chi connectivity index (χ3v) is 10.5. The summed E-state index contributed by atoms with van der Waals surface area (Å²) in [4.78, 5) is 10.5. The van der Waals surface area contributed by atoms with E-state index in [1.54, 1.807) is 0 Å². The zero-order valence-electron chi connectivity index (χ0n) is 32.6. The van der Waals surface area contributed by atoms with E-state index >= 15 is 0 Å². The van der Waals surface area contributed by atoms with E-state index in [9.17, 15) is 0 Å². The molecular formula is C52H52N2. The molecule has 0 atom stereocenters. The molecule has 0 unspecified atom stereocenters. The topological polar surface area (TPSA) is 25.8 Å². The third-order valence-electron chi connectivity index (χ3n) is 10.5. The van der Waals surface area contributed by atoms with Crippen LogP contribution < -0.4 is 0 Å². The van der Waals surface area contributed by atoms with Gasteiger partial charge in [0, 0.05) is 22.9 Å². The number of aryl methyl sites for hydroxylation is 5. The van der Waals surface area contributed by atoms with Crippen LogP contribution in [0.2, 0.25) is 0 Å². The lowest BCUT2D eigenvalue weighted by molar-refractivity contribution is 0.607. The van der Waals surface area contributed by atoms with Crippen LogP contribution in [0.3, 0.4) is 0 Å². The van der Waals surface area contributed by atoms with E-state index < -0.39 is 0 Å². The summed E-state index contributed by atoms with van der Waals surface area (Å²) in [6.45, 7) is 10.9. The van der Waals surface area contributed by atoms with E-state index in [0.717, 1.165) is 51.3 Å². The summed E-state index contributed by atoms with van der Waals surface area (Å²) in [5.74, 6) is 0.740. The van der Waals surface area contributed by atoms with Gasteiger partial charge in [0.05, 0.1) is 5.69 Å². The van der Waals surface area contributed by atoms with Gasteiger partial charge in [-0.15, -0.1) is 0 Å². The van der Waals surface area contributed by atoms with Gasteiger partial charge in [0.1, 0.15) is 0 Å². The highest BCUT2D eigenvalue weighted by Gasteiger charge is 2.18. The van der Waals surface area contributed by atoms with Gasteiger partial charge in [-0.2, -0.15) is 0 Å². The Morgan fingerprint density at radius 3 is 1.52 bits per heavy atom. The summed E-state index contributed by atoms with van der Waals surface area (Å²) in [5, 5.41) is 0. The van der Waals surface area contributed by atoms with E-state index in [4.69, 9.17) is 9.97 Å². The third kappa shape index (κ3) is 8.77. The van der Waals surface area contributed by atoms with Crippen LogP contribution in [0.4, 0.5) is 0 Å². The highest BCUT2D eigenvalue weighted by molar-refractivity contribution is 5.91. The molecule has 0 N–H and O–H groups in total. The summed E-state index contributed by atoms with van der Waals surface area (Å²) in [6, 6.07) is 48.9. The predicted molar refractivity (Wildman–Crippen MR) is 231 cm³/mol. The number of aromatic nitrogens is 2. The minimum atomic E-state index is 0.740. The summed E-state index contributed by atoms with van der Waals surface area (Å²) in [7, 11) is 0. The lowest BCUT2D eigenvalue weighted by Gasteiger charge is -2.16. The number of hydrogen-bond donors (Lipinski definition) is 0. The molecule has 0 saturated heterocycles. The van der Waals surface area contributed by atoms with Gasteiger partial charge in [0.25, 0.3) is 0 Å². The molecule has 0 aliphatic rings. The van der Waals surface area contributed by atoms with E-state index in [-0.39, 0.29) is 0 Å². The standard InChI is InChI=1S/C52H52N2/c1-6-7-8-9-10-11-16-40-23-25-41(26-24-40)52-53-35-50(45-20-15-18-43(34-45)47-31-38(4)28-39(5)32-47)51(54-52)49-22-13-12-21-48(49)44-19-14-17-42(33-44)46-29-36(2)27-37(3)30-46/h12-15,17-35H,6-11,16H2,1-5H3. The van der Waals surface area contributed by atoms with E-state index in [1.807, 2.05) is 6.20 Å². The average molecular weight is 705 g/mol. The first kappa shape index (κ1) is 36.7. The zero-order chi connectivity index (χ0) is 37.4. The molecule has 0 radical (unpaired) electrons. The molecule has 1 aromatic heterocycles. The number of rotatable bonds is 13. The number of hydrogen-bond acceptors (Lipinski definition) is 2. The molecule has 0 amide bonds. The second-order valence-corrected chi connectivity index (χ2v) is 15.1. The molecule has 0 fully saturated rings. The second kappa shape index (κ2) is 17.0. The van der Waals surface area contributed by atoms with Gasteiger partial charge in [-0.25, -0.2) is 9.97 Å². The largest absolute Gasteiger partial charge is 0.236 e. The monoisotopic (exact) mass is 704 g/mol. The molecule has 0 spiro atoms. The number of nitrogens with zero attached hydrogens (tertiary/aromatic N) is 2. The molecule has 1 heterocycles. The Morgan fingerprint density at radius 2 is 0.926 bits per heavy atom. The molecule has 0 aliphatic carbocycles. The lowest BCUT2D eigenvalue weighted by Crippen LogP contribution is -1.98. The maximum absolute atomic E-state index is 5.43. The van der Waals surface area contributed by atoms with Crippen molar-refractivity contribution in [3.05, 3.63) is 167 Å². The molecule has 0 aliphatic heterocycles. The molecule has 0 bridgehead atoms. The first-order chi connectivity index (χ1) is 26.3. The Bertz CT molecular complexity index is 2320. The Labute approximate surface area is 323 Å². The van der Waals surface area contributed by atoms with Crippen molar-refractivity contribution in [2.24, 2.45) is 0 Å². The normalized spacial score (nSPS) is 11.2. The Kier molecular flexibility index (Phi) is 11.6. The van der Waals surface area contributed by atoms with Gasteiger partial charge >= 0.3 is 0 Å². The molecule has 0 saturated carbocycles. The minimum Gasteiger partial charge on any atom is -0.236 e. The zero-order valence-corrected chi connectivity index (χ0v) is 32.6. The van der Waals surface area contributed by atoms with Crippen LogP contribution in [0.15, 0.2) is 140 Å². The summed E-state index contributed by atoms with van der Waals surface area (Å²) >= 11 is 0. The summed E-state index contributed by atoms with van der Waals surface area (Å²) in [5.41, 5.74) is 18.8. The van der Waals surface area contributed by atoms with Crippen LogP contribution >= 0.6 is 0 Å². The van der Waals surface area contributed by atoms with Crippen LogP contribution in [0.1, 0.15) is 73.3 Å². The Morgan fingerprint density at radius 1 is 0.407 bits per heavy atom. The van der Waals surface area contributed by atoms with Crippen LogP contribution in [-0.2, 0) is 6.42 Å². The Hall–Kier alpha value is -5.60. The van der Waals surface area contributed by atoms with Crippen molar-refractivity contribution in [3.8, 4) is 67.2 Å². The number of unbranched alkanes of at least 4 members (excludes halogenated alkanes) is 5. The maximum atomic E-state index is 5.43. The van der Waals surface area contributed by atoms with Crippen molar-refractivity contribution in [1.29, 1.82) is 0 Å². The summed E-state index contributed by atoms with van der Waals surface area (Å²) < 4.78 is 0. The van der Waals surface area contributed by atoms with Crippen LogP contribution in [-0.4, -0.2) is 9.97 Å². The highest BCUT2D eigenvalue weighted by atomic mass is 14.9. The van der Waals surface area contributed by atoms with Gasteiger partial charge in [-0.3, -0.25) is 0 Å². The SMILES string of the molecule is CCCCCCCCc1ccc(-c2ncc(-c3cccc(-c4cc(C)cc(C)c4)c3)c(-c3ccccc3-c3cccc(-c4cc(C)cc(C)c4)c3)n2)cc1. The van der Waals surface area contributed by atoms with Gasteiger partial charge in [0.15, 0.2) is 5.82 Å². The lowest BCUT2D eigenvalue weighted by atomic mass is 9.90. The quantitative estimate of drug-likeness (QED) is 0.112. The average Bonchev–Trinajstić information content (AvgIpc) is 3.18. The van der Waals surface area contributed by atoms with Crippen LogP contribution in [0.5, 0.6) is 0 Å². The van der Waals surface area contributed by atoms with Crippen molar-refractivity contribution >= 4 is 0 Å². The van der Waals surface area contributed by atoms with Gasteiger partial charge < -0.3 is 0 Å². The van der Waals surface area contributed by atoms with Crippen LogP contribution in [0.25, 0.3) is 67.2 Å². The molecule has 54 heavy (non-hydrogen) atoms. The molecule has 2 nitrogen and oxygen atoms in total. The van der Waals surface area contributed by atoms with Crippen molar-refractivity contribution < 1.29 is 0 Å². The first-order valence-electron chi connectivity index (χ1n) is 19.8. The molecule has 7 rings (SSSR count). The highest BCUT2D eigenvalue weighted by Crippen LogP contribution is 2.40. The fourth-order valence-corrected chi connectivity index (χ4v) is 7.82.